The maximum absolute atomic E-state index is 4.45. The van der Waals surface area contributed by atoms with Crippen LogP contribution in [0.1, 0.15) is 68.7 Å². The van der Waals surface area contributed by atoms with Crippen LogP contribution in [-0.4, -0.2) is 31.7 Å². The molecule has 0 spiro atoms. The van der Waals surface area contributed by atoms with Gasteiger partial charge in [-0.1, -0.05) is 44.2 Å². The highest BCUT2D eigenvalue weighted by molar-refractivity contribution is 5.16. The number of nitrogens with zero attached hydrogens (tertiary/aromatic N) is 4. The molecule has 2 fully saturated rings. The second kappa shape index (κ2) is 6.32. The minimum Gasteiger partial charge on any atom is -0.312 e. The van der Waals surface area contributed by atoms with Crippen LogP contribution in [0.2, 0.25) is 0 Å². The zero-order chi connectivity index (χ0) is 16.7. The fraction of sp³-hybridized carbons (Fsp3) is 0.600. The van der Waals surface area contributed by atoms with Crippen LogP contribution in [0.5, 0.6) is 0 Å². The van der Waals surface area contributed by atoms with Crippen molar-refractivity contribution in [2.45, 2.75) is 77.0 Å². The van der Waals surface area contributed by atoms with E-state index in [1.807, 2.05) is 0 Å². The molecule has 1 aromatic carbocycles. The van der Waals surface area contributed by atoms with Gasteiger partial charge in [0.1, 0.15) is 11.6 Å². The number of aromatic nitrogens is 3. The highest BCUT2D eigenvalue weighted by Crippen LogP contribution is 2.42. The molecule has 1 aromatic heterocycles. The molecule has 0 aliphatic carbocycles. The molecular formula is C20H28N4. The summed E-state index contributed by atoms with van der Waals surface area (Å²) in [6.45, 7) is 7.65. The molecule has 0 unspecified atom stereocenters. The van der Waals surface area contributed by atoms with Gasteiger partial charge in [0.15, 0.2) is 0 Å². The molecule has 3 heterocycles. The molecule has 4 nitrogen and oxygen atoms in total. The first-order valence-corrected chi connectivity index (χ1v) is 9.34. The van der Waals surface area contributed by atoms with Crippen molar-refractivity contribution in [1.82, 2.24) is 19.7 Å². The van der Waals surface area contributed by atoms with Gasteiger partial charge < -0.3 is 4.57 Å². The SMILES string of the molecule is Cc1nnc(C(C)C)n1[C@@H]1C[C@H]2CC[C@@H](C1)N2Cc1ccccc1. The molecule has 2 bridgehead atoms. The highest BCUT2D eigenvalue weighted by Gasteiger charge is 2.42. The van der Waals surface area contributed by atoms with E-state index < -0.39 is 0 Å². The molecule has 24 heavy (non-hydrogen) atoms. The molecular weight excluding hydrogens is 296 g/mol. The van der Waals surface area contributed by atoms with E-state index in [1.165, 1.54) is 31.2 Å². The van der Waals surface area contributed by atoms with E-state index in [0.717, 1.165) is 18.2 Å². The van der Waals surface area contributed by atoms with E-state index in [0.29, 0.717) is 24.0 Å². The van der Waals surface area contributed by atoms with Crippen LogP contribution in [-0.2, 0) is 6.54 Å². The molecule has 4 rings (SSSR count). The van der Waals surface area contributed by atoms with Crippen LogP contribution in [0.3, 0.4) is 0 Å². The molecule has 2 aliphatic heterocycles. The lowest BCUT2D eigenvalue weighted by molar-refractivity contribution is 0.0973. The summed E-state index contributed by atoms with van der Waals surface area (Å²) in [5, 5.41) is 8.82. The van der Waals surface area contributed by atoms with Crippen molar-refractivity contribution >= 4 is 0 Å². The zero-order valence-electron chi connectivity index (χ0n) is 15.0. The van der Waals surface area contributed by atoms with Crippen molar-refractivity contribution in [3.8, 4) is 0 Å². The summed E-state index contributed by atoms with van der Waals surface area (Å²) in [6.07, 6.45) is 5.15. The van der Waals surface area contributed by atoms with Gasteiger partial charge in [-0.25, -0.2) is 0 Å². The monoisotopic (exact) mass is 324 g/mol. The number of piperidine rings is 1. The quantitative estimate of drug-likeness (QED) is 0.850. The third kappa shape index (κ3) is 2.77. The second-order valence-electron chi connectivity index (χ2n) is 7.80. The third-order valence-electron chi connectivity index (χ3n) is 5.84. The lowest BCUT2D eigenvalue weighted by Crippen LogP contribution is -2.43. The van der Waals surface area contributed by atoms with Gasteiger partial charge >= 0.3 is 0 Å². The molecule has 0 N–H and O–H groups in total. The van der Waals surface area contributed by atoms with Crippen molar-refractivity contribution in [3.63, 3.8) is 0 Å². The van der Waals surface area contributed by atoms with Crippen molar-refractivity contribution < 1.29 is 0 Å². The number of benzene rings is 1. The average Bonchev–Trinajstić information content (AvgIpc) is 3.05. The third-order valence-corrected chi connectivity index (χ3v) is 5.84. The van der Waals surface area contributed by atoms with Crippen LogP contribution in [0, 0.1) is 6.92 Å². The van der Waals surface area contributed by atoms with Crippen LogP contribution in [0.4, 0.5) is 0 Å². The van der Waals surface area contributed by atoms with Crippen molar-refractivity contribution in [2.24, 2.45) is 0 Å². The first kappa shape index (κ1) is 15.8. The summed E-state index contributed by atoms with van der Waals surface area (Å²) in [7, 11) is 0. The van der Waals surface area contributed by atoms with E-state index >= 15 is 0 Å². The van der Waals surface area contributed by atoms with Crippen molar-refractivity contribution in [3.05, 3.63) is 47.5 Å². The van der Waals surface area contributed by atoms with Crippen molar-refractivity contribution in [1.29, 1.82) is 0 Å². The minimum absolute atomic E-state index is 0.436. The summed E-state index contributed by atoms with van der Waals surface area (Å²) in [5.41, 5.74) is 1.44. The van der Waals surface area contributed by atoms with E-state index in [4.69, 9.17) is 0 Å². The summed E-state index contributed by atoms with van der Waals surface area (Å²) in [5.74, 6) is 2.68. The van der Waals surface area contributed by atoms with Crippen LogP contribution >= 0.6 is 0 Å². The maximum Gasteiger partial charge on any atom is 0.135 e. The van der Waals surface area contributed by atoms with E-state index in [9.17, 15) is 0 Å². The van der Waals surface area contributed by atoms with Gasteiger partial charge in [0.05, 0.1) is 0 Å². The van der Waals surface area contributed by atoms with Gasteiger partial charge in [0, 0.05) is 30.6 Å². The Morgan fingerprint density at radius 1 is 1.00 bits per heavy atom. The number of aryl methyl sites for hydroxylation is 1. The van der Waals surface area contributed by atoms with Gasteiger partial charge in [0.25, 0.3) is 0 Å². The molecule has 0 saturated carbocycles. The second-order valence-corrected chi connectivity index (χ2v) is 7.80. The first-order chi connectivity index (χ1) is 11.6. The van der Waals surface area contributed by atoms with E-state index in [-0.39, 0.29) is 0 Å². The van der Waals surface area contributed by atoms with E-state index in [2.05, 4.69) is 70.8 Å². The molecule has 0 radical (unpaired) electrons. The van der Waals surface area contributed by atoms with Gasteiger partial charge in [-0.3, -0.25) is 4.90 Å². The molecule has 0 amide bonds. The summed E-state index contributed by atoms with van der Waals surface area (Å²) in [4.78, 5) is 2.75. The number of hydrogen-bond acceptors (Lipinski definition) is 3. The fourth-order valence-corrected chi connectivity index (χ4v) is 4.74. The predicted octanol–water partition coefficient (Wildman–Crippen LogP) is 4.08. The lowest BCUT2D eigenvalue weighted by atomic mass is 9.95. The lowest BCUT2D eigenvalue weighted by Gasteiger charge is -2.40. The minimum atomic E-state index is 0.436. The Kier molecular flexibility index (Phi) is 4.17. The van der Waals surface area contributed by atoms with E-state index in [1.54, 1.807) is 0 Å². The molecule has 128 valence electrons. The summed E-state index contributed by atoms with van der Waals surface area (Å²) < 4.78 is 2.44. The Balaban J connectivity index is 1.54. The van der Waals surface area contributed by atoms with Crippen LogP contribution < -0.4 is 0 Å². The molecule has 2 saturated heterocycles. The average molecular weight is 324 g/mol. The smallest absolute Gasteiger partial charge is 0.135 e. The first-order valence-electron chi connectivity index (χ1n) is 9.34. The Hall–Kier alpha value is -1.68. The standard InChI is InChI=1S/C20H28N4/c1-14(2)20-22-21-15(3)24(20)19-11-17-9-10-18(12-19)23(17)13-16-7-5-4-6-8-16/h4-8,14,17-19H,9-13H2,1-3H3/t17-,18+,19-. The van der Waals surface area contributed by atoms with Gasteiger partial charge in [-0.15, -0.1) is 10.2 Å². The summed E-state index contributed by atoms with van der Waals surface area (Å²) in [6, 6.07) is 12.9. The predicted molar refractivity (Wildman–Crippen MR) is 95.9 cm³/mol. The molecule has 2 aliphatic rings. The number of hydrogen-bond donors (Lipinski definition) is 0. The van der Waals surface area contributed by atoms with Gasteiger partial charge in [-0.2, -0.15) is 0 Å². The normalized spacial score (nSPS) is 27.1. The Morgan fingerprint density at radius 3 is 2.29 bits per heavy atom. The zero-order valence-corrected chi connectivity index (χ0v) is 15.0. The molecule has 2 aromatic rings. The fourth-order valence-electron chi connectivity index (χ4n) is 4.74. The number of fused-ring (bicyclic) bond motifs is 2. The molecule has 4 heteroatoms. The largest absolute Gasteiger partial charge is 0.312 e. The van der Waals surface area contributed by atoms with Gasteiger partial charge in [0.2, 0.25) is 0 Å². The molecule has 3 atom stereocenters. The Morgan fingerprint density at radius 2 is 1.67 bits per heavy atom. The highest BCUT2D eigenvalue weighted by atomic mass is 15.3. The van der Waals surface area contributed by atoms with Crippen molar-refractivity contribution in [2.75, 3.05) is 0 Å². The van der Waals surface area contributed by atoms with Gasteiger partial charge in [-0.05, 0) is 38.2 Å². The maximum atomic E-state index is 4.45. The number of rotatable bonds is 4. The van der Waals surface area contributed by atoms with Crippen LogP contribution in [0.25, 0.3) is 0 Å². The topological polar surface area (TPSA) is 34.0 Å². The van der Waals surface area contributed by atoms with Crippen LogP contribution in [0.15, 0.2) is 30.3 Å². The summed E-state index contributed by atoms with van der Waals surface area (Å²) >= 11 is 0. The Labute approximate surface area is 144 Å². The Bertz CT molecular complexity index is 677.